The fourth-order valence-corrected chi connectivity index (χ4v) is 4.44. The van der Waals surface area contributed by atoms with E-state index in [-0.39, 0.29) is 24.1 Å². The van der Waals surface area contributed by atoms with Crippen LogP contribution in [0.25, 0.3) is 0 Å². The first-order chi connectivity index (χ1) is 14.9. The van der Waals surface area contributed by atoms with Gasteiger partial charge < -0.3 is 24.8 Å². The molecule has 2 aromatic carbocycles. The van der Waals surface area contributed by atoms with Crippen molar-refractivity contribution in [2.75, 3.05) is 54.4 Å². The zero-order valence-electron chi connectivity index (χ0n) is 17.9. The summed E-state index contributed by atoms with van der Waals surface area (Å²) in [5.74, 6) is -0.343. The smallest absolute Gasteiger partial charge is 0.321 e. The molecule has 0 radical (unpaired) electrons. The Bertz CT molecular complexity index is 926. The van der Waals surface area contributed by atoms with Crippen LogP contribution in [0.3, 0.4) is 0 Å². The van der Waals surface area contributed by atoms with Gasteiger partial charge in [0.2, 0.25) is 0 Å². The Kier molecular flexibility index (Phi) is 6.53. The van der Waals surface area contributed by atoms with E-state index >= 15 is 0 Å². The van der Waals surface area contributed by atoms with Crippen LogP contribution in [-0.4, -0.2) is 62.4 Å². The number of anilines is 3. The van der Waals surface area contributed by atoms with Gasteiger partial charge in [0.15, 0.2) is 0 Å². The van der Waals surface area contributed by atoms with Gasteiger partial charge in [0.25, 0.3) is 0 Å². The van der Waals surface area contributed by atoms with E-state index in [4.69, 9.17) is 16.3 Å². The summed E-state index contributed by atoms with van der Waals surface area (Å²) in [4.78, 5) is 18.6. The molecular weight excluding hydrogens is 419 g/mol. The predicted octanol–water partition coefficient (Wildman–Crippen LogP) is 4.45. The monoisotopic (exact) mass is 446 g/mol. The lowest BCUT2D eigenvalue weighted by Gasteiger charge is -2.37. The van der Waals surface area contributed by atoms with Crippen LogP contribution >= 0.6 is 11.6 Å². The average molecular weight is 447 g/mol. The first-order valence-corrected chi connectivity index (χ1v) is 11.0. The number of carbonyl (C=O) groups excluding carboxylic acids is 1. The van der Waals surface area contributed by atoms with E-state index in [1.165, 1.54) is 6.07 Å². The van der Waals surface area contributed by atoms with E-state index in [1.54, 1.807) is 17.0 Å². The van der Waals surface area contributed by atoms with Crippen molar-refractivity contribution in [2.45, 2.75) is 26.1 Å². The number of hydrogen-bond donors (Lipinski definition) is 1. The Balaban J connectivity index is 1.34. The number of benzene rings is 2. The van der Waals surface area contributed by atoms with E-state index in [2.05, 4.69) is 10.2 Å². The second-order valence-electron chi connectivity index (χ2n) is 8.21. The SMILES string of the molecule is CC1CN(c2ccc(NC(=O)N3CCN(c4cccc(Cl)c4)CC3)cc2F)CC(C)O1. The molecule has 0 aliphatic carbocycles. The molecule has 0 bridgehead atoms. The van der Waals surface area contributed by atoms with Gasteiger partial charge in [-0.15, -0.1) is 0 Å². The summed E-state index contributed by atoms with van der Waals surface area (Å²) in [6.45, 7) is 7.87. The summed E-state index contributed by atoms with van der Waals surface area (Å²) in [6.07, 6.45) is 0.0983. The highest BCUT2D eigenvalue weighted by molar-refractivity contribution is 6.30. The van der Waals surface area contributed by atoms with Gasteiger partial charge in [0, 0.05) is 55.7 Å². The maximum absolute atomic E-state index is 14.8. The van der Waals surface area contributed by atoms with E-state index in [1.807, 2.05) is 43.0 Å². The van der Waals surface area contributed by atoms with Crippen molar-refractivity contribution < 1.29 is 13.9 Å². The highest BCUT2D eigenvalue weighted by Crippen LogP contribution is 2.26. The summed E-state index contributed by atoms with van der Waals surface area (Å²) in [7, 11) is 0. The number of rotatable bonds is 3. The molecule has 2 aliphatic rings. The molecule has 2 aliphatic heterocycles. The molecule has 2 aromatic rings. The third-order valence-electron chi connectivity index (χ3n) is 5.70. The van der Waals surface area contributed by atoms with E-state index in [0.717, 1.165) is 5.69 Å². The maximum Gasteiger partial charge on any atom is 0.321 e. The van der Waals surface area contributed by atoms with E-state index < -0.39 is 0 Å². The number of piperazine rings is 1. The minimum atomic E-state index is -0.343. The number of halogens is 2. The van der Waals surface area contributed by atoms with E-state index in [0.29, 0.717) is 55.7 Å². The van der Waals surface area contributed by atoms with Crippen LogP contribution in [0.15, 0.2) is 42.5 Å². The number of nitrogens with one attached hydrogen (secondary N) is 1. The van der Waals surface area contributed by atoms with Crippen molar-refractivity contribution >= 4 is 34.7 Å². The lowest BCUT2D eigenvalue weighted by molar-refractivity contribution is -0.00539. The molecule has 4 rings (SSSR count). The maximum atomic E-state index is 14.8. The number of hydrogen-bond acceptors (Lipinski definition) is 4. The zero-order valence-corrected chi connectivity index (χ0v) is 18.6. The Morgan fingerprint density at radius 1 is 1.03 bits per heavy atom. The van der Waals surface area contributed by atoms with Crippen LogP contribution < -0.4 is 15.1 Å². The number of carbonyl (C=O) groups is 1. The average Bonchev–Trinajstić information content (AvgIpc) is 2.73. The fourth-order valence-electron chi connectivity index (χ4n) is 4.26. The van der Waals surface area contributed by atoms with Gasteiger partial charge in [-0.3, -0.25) is 0 Å². The van der Waals surface area contributed by atoms with Crippen molar-refractivity contribution in [3.05, 3.63) is 53.3 Å². The molecule has 0 spiro atoms. The van der Waals surface area contributed by atoms with Crippen LogP contribution in [0.5, 0.6) is 0 Å². The number of urea groups is 1. The first kappa shape index (κ1) is 21.7. The molecule has 2 atom stereocenters. The number of nitrogens with zero attached hydrogens (tertiary/aromatic N) is 3. The molecule has 166 valence electrons. The van der Waals surface area contributed by atoms with Gasteiger partial charge in [-0.1, -0.05) is 17.7 Å². The molecule has 6 nitrogen and oxygen atoms in total. The standard InChI is InChI=1S/C23H28ClFN4O2/c1-16-14-29(15-17(2)31-16)22-7-6-19(13-21(22)25)26-23(30)28-10-8-27(9-11-28)20-5-3-4-18(24)12-20/h3-7,12-13,16-17H,8-11,14-15H2,1-2H3,(H,26,30). The Morgan fingerprint density at radius 2 is 1.74 bits per heavy atom. The van der Waals surface area contributed by atoms with Crippen LogP contribution in [0.1, 0.15) is 13.8 Å². The molecule has 0 aromatic heterocycles. The molecular formula is C23H28ClFN4O2. The van der Waals surface area contributed by atoms with Crippen LogP contribution in [0, 0.1) is 5.82 Å². The summed E-state index contributed by atoms with van der Waals surface area (Å²) >= 11 is 6.08. The van der Waals surface area contributed by atoms with Gasteiger partial charge in [0.05, 0.1) is 17.9 Å². The lowest BCUT2D eigenvalue weighted by atomic mass is 10.2. The predicted molar refractivity (Wildman–Crippen MR) is 123 cm³/mol. The molecule has 8 heteroatoms. The van der Waals surface area contributed by atoms with Crippen molar-refractivity contribution in [1.82, 2.24) is 4.90 Å². The van der Waals surface area contributed by atoms with Gasteiger partial charge in [-0.2, -0.15) is 0 Å². The van der Waals surface area contributed by atoms with E-state index in [9.17, 15) is 9.18 Å². The molecule has 2 heterocycles. The molecule has 31 heavy (non-hydrogen) atoms. The minimum Gasteiger partial charge on any atom is -0.372 e. The minimum absolute atomic E-state index is 0.0492. The number of amides is 2. The third kappa shape index (κ3) is 5.22. The zero-order chi connectivity index (χ0) is 22.0. The largest absolute Gasteiger partial charge is 0.372 e. The fraction of sp³-hybridized carbons (Fsp3) is 0.435. The lowest BCUT2D eigenvalue weighted by Crippen LogP contribution is -2.50. The third-order valence-corrected chi connectivity index (χ3v) is 5.93. The van der Waals surface area contributed by atoms with Crippen molar-refractivity contribution in [1.29, 1.82) is 0 Å². The second-order valence-corrected chi connectivity index (χ2v) is 8.65. The molecule has 0 saturated carbocycles. The highest BCUT2D eigenvalue weighted by Gasteiger charge is 2.25. The topological polar surface area (TPSA) is 48.1 Å². The van der Waals surface area contributed by atoms with Crippen molar-refractivity contribution in [2.24, 2.45) is 0 Å². The quantitative estimate of drug-likeness (QED) is 0.756. The van der Waals surface area contributed by atoms with Crippen LogP contribution in [0.2, 0.25) is 5.02 Å². The van der Waals surface area contributed by atoms with Crippen LogP contribution in [-0.2, 0) is 4.74 Å². The summed E-state index contributed by atoms with van der Waals surface area (Å²) in [6, 6.07) is 12.4. The second kappa shape index (κ2) is 9.32. The molecule has 2 fully saturated rings. The van der Waals surface area contributed by atoms with Crippen LogP contribution in [0.4, 0.5) is 26.2 Å². The summed E-state index contributed by atoms with van der Waals surface area (Å²) < 4.78 is 20.5. The van der Waals surface area contributed by atoms with Gasteiger partial charge in [-0.25, -0.2) is 9.18 Å². The summed E-state index contributed by atoms with van der Waals surface area (Å²) in [5, 5.41) is 3.53. The Morgan fingerprint density at radius 3 is 2.39 bits per heavy atom. The van der Waals surface area contributed by atoms with Gasteiger partial charge in [-0.05, 0) is 50.2 Å². The number of ether oxygens (including phenoxy) is 1. The molecule has 1 N–H and O–H groups in total. The normalized spacial score (nSPS) is 21.9. The molecule has 2 saturated heterocycles. The highest BCUT2D eigenvalue weighted by atomic mass is 35.5. The van der Waals surface area contributed by atoms with Crippen molar-refractivity contribution in [3.8, 4) is 0 Å². The Labute approximate surface area is 187 Å². The number of morpholine rings is 1. The molecule has 2 amide bonds. The summed E-state index contributed by atoms with van der Waals surface area (Å²) in [5.41, 5.74) is 2.05. The van der Waals surface area contributed by atoms with Gasteiger partial charge >= 0.3 is 6.03 Å². The molecule has 2 unspecified atom stereocenters. The van der Waals surface area contributed by atoms with Crippen molar-refractivity contribution in [3.63, 3.8) is 0 Å². The van der Waals surface area contributed by atoms with Gasteiger partial charge in [0.1, 0.15) is 5.82 Å². The Hall–Kier alpha value is -2.51. The first-order valence-electron chi connectivity index (χ1n) is 10.7.